The molecule has 8 heterocycles. The van der Waals surface area contributed by atoms with E-state index < -0.39 is 17.8 Å². The van der Waals surface area contributed by atoms with Crippen molar-refractivity contribution in [1.82, 2.24) is 38.0 Å². The summed E-state index contributed by atoms with van der Waals surface area (Å²) in [7, 11) is 11.2. The molecule has 25 heteroatoms. The number of nitrogens with zero attached hydrogens (tertiary/aromatic N) is 10. The average Bonchev–Trinajstić information content (AvgIpc) is 1.69. The van der Waals surface area contributed by atoms with Crippen LogP contribution in [-0.4, -0.2) is 164 Å². The maximum atomic E-state index is 13.3. The van der Waals surface area contributed by atoms with Gasteiger partial charge in [-0.15, -0.1) is 0 Å². The van der Waals surface area contributed by atoms with Crippen LogP contribution in [0.4, 0.5) is 23.0 Å². The lowest BCUT2D eigenvalue weighted by Crippen LogP contribution is -2.39. The van der Waals surface area contributed by atoms with E-state index in [4.69, 9.17) is 23.7 Å². The Labute approximate surface area is 560 Å². The number of ether oxygens (including phenoxy) is 5. The Bertz CT molecular complexity index is 4440. The van der Waals surface area contributed by atoms with Crippen LogP contribution in [0, 0.1) is 19.8 Å². The number of fused-ring (bicyclic) bond motifs is 4. The minimum absolute atomic E-state index is 0.00551. The van der Waals surface area contributed by atoms with Gasteiger partial charge in [0.15, 0.2) is 23.3 Å². The van der Waals surface area contributed by atoms with Gasteiger partial charge in [-0.25, -0.2) is 19.6 Å². The zero-order chi connectivity index (χ0) is 68.8. The second kappa shape index (κ2) is 29.3. The van der Waals surface area contributed by atoms with Crippen LogP contribution in [0.2, 0.25) is 0 Å². The first-order valence-corrected chi connectivity index (χ1v) is 31.8. The van der Waals surface area contributed by atoms with Crippen LogP contribution >= 0.6 is 0 Å². The van der Waals surface area contributed by atoms with Crippen molar-refractivity contribution in [3.63, 3.8) is 0 Å². The standard InChI is InChI=1S/C36H38N6O7.C36H38N6O6/c1-21-12-26-27(15-31(21)47-4)37-16-29-24(10-11-42(29)35(26)45)19-49-20-33(44)38-32-18-41(3)34(39-32)30(43)13-22-6-8-23(9-7-22)25-14-28(36(46)48-5)40(2)17-25;1-22-15-27-28(37-19-26-7-5-13-42(26)35(27)45)18-31(22)48-14-6-8-33(44)38-32-21-41(3)34(39-32)30(43)16-23-9-11-24(12-10-23)25-17-29(36(46)47-4)40(2)20-25/h6-9,12,14-18,24,29H,10-11,13,19-20H2,1-5H3,(H,38,44);9-12,15,17-21,26H,5-8,13-14,16H2,1-4H3,(H,38,44)/t24-,29+;26-/m00/s1. The summed E-state index contributed by atoms with van der Waals surface area (Å²) in [5.41, 5.74) is 10.0. The quantitative estimate of drug-likeness (QED) is 0.0363. The van der Waals surface area contributed by atoms with E-state index in [1.54, 1.807) is 96.4 Å². The van der Waals surface area contributed by atoms with Gasteiger partial charge < -0.3 is 62.4 Å². The van der Waals surface area contributed by atoms with Crippen LogP contribution in [-0.2, 0) is 64.8 Å². The average molecular weight is 1320 g/mol. The lowest BCUT2D eigenvalue weighted by atomic mass is 10.0. The summed E-state index contributed by atoms with van der Waals surface area (Å²) in [5.74, 6) is 0.361. The molecule has 502 valence electrons. The highest BCUT2D eigenvalue weighted by Crippen LogP contribution is 2.37. The van der Waals surface area contributed by atoms with Gasteiger partial charge in [-0.05, 0) is 97.2 Å². The highest BCUT2D eigenvalue weighted by atomic mass is 16.5. The lowest BCUT2D eigenvalue weighted by molar-refractivity contribution is -0.121. The molecule has 97 heavy (non-hydrogen) atoms. The molecule has 0 aliphatic carbocycles. The van der Waals surface area contributed by atoms with Gasteiger partial charge in [-0.1, -0.05) is 48.5 Å². The molecule has 4 aromatic heterocycles. The van der Waals surface area contributed by atoms with Crippen LogP contribution in [0.25, 0.3) is 22.3 Å². The molecule has 2 fully saturated rings. The normalized spacial score (nSPS) is 15.9. The maximum absolute atomic E-state index is 13.3. The number of esters is 2. The molecule has 0 unspecified atom stereocenters. The number of carbonyl (C=O) groups is 8. The second-order valence-electron chi connectivity index (χ2n) is 24.5. The molecule has 2 N–H and O–H groups in total. The van der Waals surface area contributed by atoms with Gasteiger partial charge in [0.2, 0.25) is 17.5 Å². The van der Waals surface area contributed by atoms with E-state index in [1.165, 1.54) is 14.2 Å². The molecule has 0 bridgehead atoms. The first kappa shape index (κ1) is 67.3. The number of nitrogens with one attached hydrogen (secondary N) is 2. The van der Waals surface area contributed by atoms with E-state index in [0.717, 1.165) is 70.3 Å². The summed E-state index contributed by atoms with van der Waals surface area (Å²) < 4.78 is 33.4. The molecular formula is C72H76N12O13. The van der Waals surface area contributed by atoms with Crippen molar-refractivity contribution in [2.45, 2.75) is 70.9 Å². The van der Waals surface area contributed by atoms with E-state index in [0.29, 0.717) is 70.8 Å². The number of imidazole rings is 2. The van der Waals surface area contributed by atoms with Crippen molar-refractivity contribution in [1.29, 1.82) is 0 Å². The number of anilines is 2. The summed E-state index contributed by atoms with van der Waals surface area (Å²) in [6.07, 6.45) is 14.1. The third-order valence-corrected chi connectivity index (χ3v) is 17.7. The smallest absolute Gasteiger partial charge is 0.354 e. The number of amides is 4. The van der Waals surface area contributed by atoms with Crippen molar-refractivity contribution in [2.24, 2.45) is 44.1 Å². The van der Waals surface area contributed by atoms with Crippen molar-refractivity contribution >= 4 is 82.6 Å². The van der Waals surface area contributed by atoms with Crippen molar-refractivity contribution in [3.05, 3.63) is 166 Å². The fourth-order valence-electron chi connectivity index (χ4n) is 12.5. The van der Waals surface area contributed by atoms with Gasteiger partial charge in [0.25, 0.3) is 17.7 Å². The largest absolute Gasteiger partial charge is 0.496 e. The molecule has 8 aromatic rings. The van der Waals surface area contributed by atoms with Gasteiger partial charge in [-0.3, -0.25) is 38.8 Å². The van der Waals surface area contributed by atoms with E-state index in [-0.39, 0.29) is 97.2 Å². The topological polar surface area (TPSA) is 283 Å². The maximum Gasteiger partial charge on any atom is 0.354 e. The molecule has 0 saturated carbocycles. The molecule has 2 saturated heterocycles. The highest BCUT2D eigenvalue weighted by Gasteiger charge is 2.39. The van der Waals surface area contributed by atoms with Crippen LogP contribution in [0.1, 0.15) is 117 Å². The Kier molecular flexibility index (Phi) is 20.3. The number of carbonyl (C=O) groups excluding carboxylic acids is 8. The van der Waals surface area contributed by atoms with Crippen molar-refractivity contribution in [3.8, 4) is 33.8 Å². The van der Waals surface area contributed by atoms with Crippen LogP contribution in [0.15, 0.2) is 120 Å². The molecule has 12 rings (SSSR count). The number of ketones is 2. The van der Waals surface area contributed by atoms with Crippen LogP contribution < -0.4 is 20.1 Å². The third-order valence-electron chi connectivity index (χ3n) is 17.7. The van der Waals surface area contributed by atoms with Crippen molar-refractivity contribution < 1.29 is 62.0 Å². The Morgan fingerprint density at radius 3 is 1.63 bits per heavy atom. The minimum Gasteiger partial charge on any atom is -0.496 e. The summed E-state index contributed by atoms with van der Waals surface area (Å²) >= 11 is 0. The molecule has 3 atom stereocenters. The summed E-state index contributed by atoms with van der Waals surface area (Å²) in [4.78, 5) is 123. The Morgan fingerprint density at radius 2 is 1.08 bits per heavy atom. The zero-order valence-electron chi connectivity index (χ0n) is 55.5. The zero-order valence-corrected chi connectivity index (χ0v) is 55.5. The fraction of sp³-hybridized carbons (Fsp3) is 0.333. The van der Waals surface area contributed by atoms with E-state index >= 15 is 0 Å². The number of hydrogen-bond donors (Lipinski definition) is 2. The summed E-state index contributed by atoms with van der Waals surface area (Å²) in [6, 6.07) is 25.6. The van der Waals surface area contributed by atoms with Gasteiger partial charge >= 0.3 is 11.9 Å². The predicted octanol–water partition coefficient (Wildman–Crippen LogP) is 9.22. The molecule has 25 nitrogen and oxygen atoms in total. The molecule has 0 spiro atoms. The number of rotatable bonds is 22. The monoisotopic (exact) mass is 1320 g/mol. The number of aromatic nitrogens is 6. The fourth-order valence-corrected chi connectivity index (χ4v) is 12.5. The van der Waals surface area contributed by atoms with Crippen molar-refractivity contribution in [2.75, 3.05) is 64.9 Å². The predicted molar refractivity (Wildman–Crippen MR) is 362 cm³/mol. The highest BCUT2D eigenvalue weighted by molar-refractivity contribution is 6.05. The van der Waals surface area contributed by atoms with Crippen LogP contribution in [0.3, 0.4) is 0 Å². The van der Waals surface area contributed by atoms with Gasteiger partial charge in [0, 0.05) is 127 Å². The van der Waals surface area contributed by atoms with E-state index in [1.807, 2.05) is 103 Å². The summed E-state index contributed by atoms with van der Waals surface area (Å²) in [6.45, 7) is 5.48. The van der Waals surface area contributed by atoms with Crippen LogP contribution in [0.5, 0.6) is 11.5 Å². The Morgan fingerprint density at radius 1 is 0.567 bits per heavy atom. The minimum atomic E-state index is -0.414. The molecule has 4 aliphatic rings. The Hall–Kier alpha value is -11.1. The van der Waals surface area contributed by atoms with E-state index in [2.05, 4.69) is 30.6 Å². The number of aliphatic imine (C=N–C) groups is 2. The molecule has 0 radical (unpaired) electrons. The molecular weight excluding hydrogens is 1240 g/mol. The molecule has 4 aromatic carbocycles. The second-order valence-corrected chi connectivity index (χ2v) is 24.5. The first-order chi connectivity index (χ1) is 46.7. The van der Waals surface area contributed by atoms with Gasteiger partial charge in [0.05, 0.1) is 69.1 Å². The SMILES string of the molecule is COC(=O)c1cc(-c2ccc(CC(=O)c3nc(NC(=O)CCCOc4cc5c(cc4C)C(=O)N4CCC[C@H]4C=N5)cn3C)cc2)cn1C.COC(=O)c1cc(-c2ccc(CC(=O)c3nc(NC(=O)COC[C@@H]4CCN5C(=O)c6cc(C)c(OC)cc6N=C[C@H]45)cn3C)cc2)cn1C. The van der Waals surface area contributed by atoms with Gasteiger partial charge in [-0.2, -0.15) is 0 Å². The number of aryl methyl sites for hydroxylation is 6. The first-order valence-electron chi connectivity index (χ1n) is 31.8. The molecule has 4 amide bonds. The number of benzene rings is 4. The summed E-state index contributed by atoms with van der Waals surface area (Å²) in [5, 5.41) is 5.48. The Balaban J connectivity index is 0.000000197. The van der Waals surface area contributed by atoms with E-state index in [9.17, 15) is 38.4 Å². The number of methoxy groups -OCH3 is 3. The van der Waals surface area contributed by atoms with Gasteiger partial charge in [0.1, 0.15) is 29.5 Å². The molecule has 4 aliphatic heterocycles. The number of hydrogen-bond acceptors (Lipinski definition) is 17. The lowest BCUT2D eigenvalue weighted by Gasteiger charge is -2.23. The number of Topliss-reactive ketones (excluding diaryl/α,β-unsaturated/α-hetero) is 2. The third kappa shape index (κ3) is 15.1.